The number of aliphatic hydroxyl groups excluding tert-OH is 1. The SMILES string of the molecule is C[C@H]1OC(c2ccc(OCCCO)cc2)=N[C@@]1(Cc1ccccc1CN=[N+]=[N-])C(=O)N1CCCC1. The van der Waals surface area contributed by atoms with Gasteiger partial charge in [0.1, 0.15) is 11.9 Å². The van der Waals surface area contributed by atoms with Crippen LogP contribution in [0.15, 0.2) is 58.6 Å². The number of carbonyl (C=O) groups excluding carboxylic acids is 1. The molecule has 4 rings (SSSR count). The maximum atomic E-state index is 13.9. The zero-order chi connectivity index (χ0) is 24.7. The van der Waals surface area contributed by atoms with Crippen molar-refractivity contribution in [2.75, 3.05) is 26.3 Å². The van der Waals surface area contributed by atoms with Crippen LogP contribution in [-0.2, 0) is 22.5 Å². The van der Waals surface area contributed by atoms with Crippen LogP contribution >= 0.6 is 0 Å². The standard InChI is InChI=1S/C26H31N5O4/c1-19-26(25(33)31-13-4-5-14-31,17-21-7-2-3-8-22(21)18-28-30-27)29-24(35-19)20-9-11-23(12-10-20)34-16-6-15-32/h2-3,7-12,19,32H,4-6,13-18H2,1H3/t19-,26-/m1/s1. The molecule has 0 aromatic heterocycles. The Labute approximate surface area is 205 Å². The topological polar surface area (TPSA) is 120 Å². The van der Waals surface area contributed by atoms with Gasteiger partial charge in [-0.2, -0.15) is 0 Å². The summed E-state index contributed by atoms with van der Waals surface area (Å²) in [6.07, 6.45) is 2.42. The molecule has 35 heavy (non-hydrogen) atoms. The monoisotopic (exact) mass is 477 g/mol. The molecule has 1 fully saturated rings. The number of ether oxygens (including phenoxy) is 2. The van der Waals surface area contributed by atoms with Gasteiger partial charge < -0.3 is 19.5 Å². The Kier molecular flexibility index (Phi) is 7.90. The Morgan fingerprint density at radius 3 is 2.63 bits per heavy atom. The van der Waals surface area contributed by atoms with E-state index in [1.54, 1.807) is 0 Å². The molecule has 184 valence electrons. The van der Waals surface area contributed by atoms with E-state index in [1.807, 2.05) is 60.4 Å². The van der Waals surface area contributed by atoms with Crippen molar-refractivity contribution < 1.29 is 19.4 Å². The van der Waals surface area contributed by atoms with Gasteiger partial charge in [0.2, 0.25) is 5.90 Å². The van der Waals surface area contributed by atoms with E-state index in [2.05, 4.69) is 10.0 Å². The quantitative estimate of drug-likeness (QED) is 0.240. The maximum absolute atomic E-state index is 13.9. The lowest BCUT2D eigenvalue weighted by Crippen LogP contribution is -2.53. The van der Waals surface area contributed by atoms with Gasteiger partial charge in [-0.1, -0.05) is 29.4 Å². The van der Waals surface area contributed by atoms with Crippen molar-refractivity contribution in [1.29, 1.82) is 0 Å². The van der Waals surface area contributed by atoms with E-state index in [1.165, 1.54) is 0 Å². The van der Waals surface area contributed by atoms with Crippen LogP contribution in [0.2, 0.25) is 0 Å². The predicted molar refractivity (Wildman–Crippen MR) is 132 cm³/mol. The Bertz CT molecular complexity index is 1110. The normalized spacial score (nSPS) is 21.3. The molecule has 1 saturated heterocycles. The number of nitrogens with zero attached hydrogens (tertiary/aromatic N) is 5. The number of benzene rings is 2. The Morgan fingerprint density at radius 1 is 1.23 bits per heavy atom. The van der Waals surface area contributed by atoms with E-state index >= 15 is 0 Å². The van der Waals surface area contributed by atoms with Gasteiger partial charge in [0.05, 0.1) is 13.2 Å². The summed E-state index contributed by atoms with van der Waals surface area (Å²) in [5.41, 5.74) is 10.3. The Hall–Kier alpha value is -3.55. The minimum absolute atomic E-state index is 0.0277. The molecule has 0 unspecified atom stereocenters. The number of amides is 1. The number of aliphatic imine (C=N–C) groups is 1. The number of carbonyl (C=O) groups is 1. The summed E-state index contributed by atoms with van der Waals surface area (Å²) in [5.74, 6) is 1.10. The highest BCUT2D eigenvalue weighted by atomic mass is 16.5. The first-order valence-corrected chi connectivity index (χ1v) is 12.0. The number of hydrogen-bond acceptors (Lipinski definition) is 6. The summed E-state index contributed by atoms with van der Waals surface area (Å²) >= 11 is 0. The number of hydrogen-bond donors (Lipinski definition) is 1. The molecule has 0 bridgehead atoms. The second-order valence-electron chi connectivity index (χ2n) is 8.89. The number of likely N-dealkylation sites (tertiary alicyclic amines) is 1. The Balaban J connectivity index is 1.67. The van der Waals surface area contributed by atoms with Gasteiger partial charge in [0.15, 0.2) is 5.54 Å². The smallest absolute Gasteiger partial charge is 0.254 e. The highest BCUT2D eigenvalue weighted by Crippen LogP contribution is 2.36. The highest BCUT2D eigenvalue weighted by Gasteiger charge is 2.52. The van der Waals surface area contributed by atoms with E-state index < -0.39 is 11.6 Å². The van der Waals surface area contributed by atoms with Crippen LogP contribution in [0.3, 0.4) is 0 Å². The van der Waals surface area contributed by atoms with E-state index in [0.717, 1.165) is 42.6 Å². The van der Waals surface area contributed by atoms with Crippen molar-refractivity contribution >= 4 is 11.8 Å². The molecule has 9 heteroatoms. The van der Waals surface area contributed by atoms with Crippen molar-refractivity contribution in [2.45, 2.75) is 50.8 Å². The molecule has 2 aliphatic rings. The summed E-state index contributed by atoms with van der Waals surface area (Å²) in [6.45, 7) is 4.07. The van der Waals surface area contributed by atoms with Crippen LogP contribution in [-0.4, -0.2) is 59.8 Å². The van der Waals surface area contributed by atoms with Gasteiger partial charge in [-0.25, -0.2) is 4.99 Å². The fourth-order valence-electron chi connectivity index (χ4n) is 4.60. The first-order valence-electron chi connectivity index (χ1n) is 12.0. The first-order chi connectivity index (χ1) is 17.1. The third-order valence-electron chi connectivity index (χ3n) is 6.58. The fraction of sp³-hybridized carbons (Fsp3) is 0.462. The van der Waals surface area contributed by atoms with Gasteiger partial charge >= 0.3 is 0 Å². The number of azide groups is 1. The number of rotatable bonds is 10. The van der Waals surface area contributed by atoms with Crippen molar-refractivity contribution in [1.82, 2.24) is 4.90 Å². The summed E-state index contributed by atoms with van der Waals surface area (Å²) in [5, 5.41) is 12.7. The molecular weight excluding hydrogens is 446 g/mol. The summed E-state index contributed by atoms with van der Waals surface area (Å²) < 4.78 is 11.8. The zero-order valence-corrected chi connectivity index (χ0v) is 20.0. The molecule has 2 aliphatic heterocycles. The van der Waals surface area contributed by atoms with Crippen LogP contribution in [0.5, 0.6) is 5.75 Å². The van der Waals surface area contributed by atoms with E-state index in [-0.39, 0.29) is 19.1 Å². The van der Waals surface area contributed by atoms with Crippen LogP contribution in [0, 0.1) is 0 Å². The first kappa shape index (κ1) is 24.6. The molecule has 2 aromatic carbocycles. The van der Waals surface area contributed by atoms with Gasteiger partial charge in [0, 0.05) is 43.0 Å². The molecule has 0 aliphatic carbocycles. The van der Waals surface area contributed by atoms with Crippen molar-refractivity contribution in [3.05, 3.63) is 75.7 Å². The second-order valence-corrected chi connectivity index (χ2v) is 8.89. The molecule has 1 N–H and O–H groups in total. The predicted octanol–water partition coefficient (Wildman–Crippen LogP) is 4.03. The van der Waals surface area contributed by atoms with Gasteiger partial charge in [-0.15, -0.1) is 0 Å². The minimum atomic E-state index is -1.11. The second kappa shape index (κ2) is 11.3. The summed E-state index contributed by atoms with van der Waals surface area (Å²) in [7, 11) is 0. The average molecular weight is 478 g/mol. The van der Waals surface area contributed by atoms with E-state index in [9.17, 15) is 4.79 Å². The van der Waals surface area contributed by atoms with E-state index in [0.29, 0.717) is 31.1 Å². The van der Waals surface area contributed by atoms with E-state index in [4.69, 9.17) is 25.1 Å². The molecule has 0 radical (unpaired) electrons. The van der Waals surface area contributed by atoms with Crippen LogP contribution < -0.4 is 4.74 Å². The Morgan fingerprint density at radius 2 is 1.94 bits per heavy atom. The zero-order valence-electron chi connectivity index (χ0n) is 20.0. The molecule has 2 heterocycles. The third-order valence-corrected chi connectivity index (χ3v) is 6.58. The molecule has 9 nitrogen and oxygen atoms in total. The molecular formula is C26H31N5O4. The summed E-state index contributed by atoms with van der Waals surface area (Å²) in [6, 6.07) is 15.1. The van der Waals surface area contributed by atoms with Gasteiger partial charge in [-0.3, -0.25) is 4.79 Å². The van der Waals surface area contributed by atoms with Crippen LogP contribution in [0.4, 0.5) is 0 Å². The average Bonchev–Trinajstić information content (AvgIpc) is 3.53. The maximum Gasteiger partial charge on any atom is 0.254 e. The summed E-state index contributed by atoms with van der Waals surface area (Å²) in [4.78, 5) is 23.6. The van der Waals surface area contributed by atoms with Crippen molar-refractivity contribution in [3.8, 4) is 5.75 Å². The largest absolute Gasteiger partial charge is 0.494 e. The van der Waals surface area contributed by atoms with Gasteiger partial charge in [0.25, 0.3) is 5.91 Å². The third kappa shape index (κ3) is 5.42. The molecule has 2 aromatic rings. The molecule has 0 spiro atoms. The minimum Gasteiger partial charge on any atom is -0.494 e. The van der Waals surface area contributed by atoms with Crippen LogP contribution in [0.25, 0.3) is 10.4 Å². The fourth-order valence-corrected chi connectivity index (χ4v) is 4.60. The highest BCUT2D eigenvalue weighted by molar-refractivity contribution is 6.01. The van der Waals surface area contributed by atoms with Gasteiger partial charge in [-0.05, 0) is 60.7 Å². The lowest BCUT2D eigenvalue weighted by atomic mass is 9.84. The van der Waals surface area contributed by atoms with Crippen molar-refractivity contribution in [3.63, 3.8) is 0 Å². The molecule has 2 atom stereocenters. The molecule has 0 saturated carbocycles. The van der Waals surface area contributed by atoms with Crippen molar-refractivity contribution in [2.24, 2.45) is 10.1 Å². The number of aliphatic hydroxyl groups is 1. The molecule has 1 amide bonds. The van der Waals surface area contributed by atoms with Crippen LogP contribution in [0.1, 0.15) is 42.9 Å². The lowest BCUT2D eigenvalue weighted by Gasteiger charge is -2.32. The lowest BCUT2D eigenvalue weighted by molar-refractivity contribution is -0.138.